The summed E-state index contributed by atoms with van der Waals surface area (Å²) in [5, 5.41) is 3.45. The molecule has 1 aromatic heterocycles. The Bertz CT molecular complexity index is 332. The number of nitrogens with one attached hydrogen (secondary N) is 1. The Labute approximate surface area is 93.7 Å². The molecular weight excluding hydrogens is 211 g/mol. The van der Waals surface area contributed by atoms with E-state index in [1.807, 2.05) is 11.8 Å². The van der Waals surface area contributed by atoms with Crippen molar-refractivity contribution in [2.75, 3.05) is 11.5 Å². The Morgan fingerprint density at radius 1 is 1.53 bits per heavy atom. The number of nitrogens with zero attached hydrogens (tertiary/aromatic N) is 1. The van der Waals surface area contributed by atoms with E-state index in [0.717, 1.165) is 11.3 Å². The third-order valence-corrected chi connectivity index (χ3v) is 4.05. The lowest BCUT2D eigenvalue weighted by atomic mass is 10.1. The zero-order valence-corrected chi connectivity index (χ0v) is 9.56. The van der Waals surface area contributed by atoms with Crippen LogP contribution in [0.25, 0.3) is 0 Å². The lowest BCUT2D eigenvalue weighted by Gasteiger charge is -2.16. The smallest absolute Gasteiger partial charge is 0.141 e. The quantitative estimate of drug-likeness (QED) is 0.854. The van der Waals surface area contributed by atoms with Crippen LogP contribution in [0.3, 0.4) is 0 Å². The van der Waals surface area contributed by atoms with E-state index in [4.69, 9.17) is 0 Å². The summed E-state index contributed by atoms with van der Waals surface area (Å²) in [6.07, 6.45) is 2.94. The molecule has 1 aromatic rings. The van der Waals surface area contributed by atoms with Gasteiger partial charge in [0, 0.05) is 24.5 Å². The molecule has 1 aliphatic heterocycles. The summed E-state index contributed by atoms with van der Waals surface area (Å²) in [4.78, 5) is 3.83. The van der Waals surface area contributed by atoms with Gasteiger partial charge in [0.1, 0.15) is 5.82 Å². The monoisotopic (exact) mass is 226 g/mol. The Kier molecular flexibility index (Phi) is 3.59. The van der Waals surface area contributed by atoms with Gasteiger partial charge in [0.25, 0.3) is 0 Å². The molecule has 1 fully saturated rings. The first-order chi connectivity index (χ1) is 7.25. The largest absolute Gasteiger partial charge is 0.309 e. The average Bonchev–Trinajstić information content (AvgIpc) is 2.61. The summed E-state index contributed by atoms with van der Waals surface area (Å²) in [7, 11) is 0. The van der Waals surface area contributed by atoms with Gasteiger partial charge in [-0.25, -0.2) is 4.39 Å². The molecule has 0 amide bonds. The predicted molar refractivity (Wildman–Crippen MR) is 61.3 cm³/mol. The fourth-order valence-corrected chi connectivity index (χ4v) is 3.16. The summed E-state index contributed by atoms with van der Waals surface area (Å²) in [5.41, 5.74) is 0.916. The summed E-state index contributed by atoms with van der Waals surface area (Å²) >= 11 is 1.98. The van der Waals surface area contributed by atoms with Gasteiger partial charge in [-0.3, -0.25) is 4.98 Å². The van der Waals surface area contributed by atoms with E-state index >= 15 is 0 Å². The number of aromatic nitrogens is 1. The Morgan fingerprint density at radius 2 is 2.40 bits per heavy atom. The van der Waals surface area contributed by atoms with Crippen LogP contribution < -0.4 is 5.32 Å². The van der Waals surface area contributed by atoms with Crippen molar-refractivity contribution in [1.29, 1.82) is 0 Å². The zero-order chi connectivity index (χ0) is 10.7. The van der Waals surface area contributed by atoms with Crippen molar-refractivity contribution in [2.45, 2.75) is 19.5 Å². The topological polar surface area (TPSA) is 24.9 Å². The molecule has 2 nitrogen and oxygen atoms in total. The predicted octanol–water partition coefficient (Wildman–Crippen LogP) is 2.06. The van der Waals surface area contributed by atoms with Crippen LogP contribution in [0.4, 0.5) is 4.39 Å². The fraction of sp³-hybridized carbons (Fsp3) is 0.545. The van der Waals surface area contributed by atoms with E-state index in [1.54, 1.807) is 6.20 Å². The highest BCUT2D eigenvalue weighted by molar-refractivity contribution is 7.99. The highest BCUT2D eigenvalue weighted by Gasteiger charge is 2.22. The fourth-order valence-electron chi connectivity index (χ4n) is 1.72. The van der Waals surface area contributed by atoms with Crippen LogP contribution in [0.2, 0.25) is 0 Å². The van der Waals surface area contributed by atoms with Crippen molar-refractivity contribution < 1.29 is 4.39 Å². The molecule has 2 heterocycles. The van der Waals surface area contributed by atoms with Crippen LogP contribution in [0.15, 0.2) is 18.5 Å². The van der Waals surface area contributed by atoms with Gasteiger partial charge in [-0.15, -0.1) is 0 Å². The van der Waals surface area contributed by atoms with Crippen LogP contribution in [-0.4, -0.2) is 22.5 Å². The van der Waals surface area contributed by atoms with Crippen LogP contribution in [0.1, 0.15) is 12.5 Å². The summed E-state index contributed by atoms with van der Waals surface area (Å²) in [6, 6.07) is 2.09. The normalized spacial score (nSPS) is 25.7. The van der Waals surface area contributed by atoms with Crippen molar-refractivity contribution >= 4 is 11.8 Å². The highest BCUT2D eigenvalue weighted by atomic mass is 32.2. The minimum absolute atomic E-state index is 0.261. The first kappa shape index (κ1) is 10.9. The summed E-state index contributed by atoms with van der Waals surface area (Å²) in [5.74, 6) is 2.82. The molecule has 0 unspecified atom stereocenters. The Balaban J connectivity index is 1.87. The molecule has 0 spiro atoms. The van der Waals surface area contributed by atoms with Crippen molar-refractivity contribution in [1.82, 2.24) is 10.3 Å². The molecule has 1 aliphatic rings. The molecule has 15 heavy (non-hydrogen) atoms. The third kappa shape index (κ3) is 2.92. The lowest BCUT2D eigenvalue weighted by Crippen LogP contribution is -2.33. The van der Waals surface area contributed by atoms with E-state index < -0.39 is 0 Å². The maximum atomic E-state index is 12.9. The van der Waals surface area contributed by atoms with Gasteiger partial charge in [0.15, 0.2) is 0 Å². The second kappa shape index (κ2) is 4.94. The zero-order valence-electron chi connectivity index (χ0n) is 8.74. The second-order valence-electron chi connectivity index (χ2n) is 4.01. The first-order valence-corrected chi connectivity index (χ1v) is 6.32. The number of hydrogen-bond donors (Lipinski definition) is 1. The molecule has 1 N–H and O–H groups in total. The van der Waals surface area contributed by atoms with Gasteiger partial charge in [-0.2, -0.15) is 11.8 Å². The number of rotatable bonds is 3. The maximum absolute atomic E-state index is 12.9. The average molecular weight is 226 g/mol. The SMILES string of the molecule is C[C@H]1CSC[C@H]1NCc1cncc(F)c1. The molecule has 0 saturated carbocycles. The maximum Gasteiger partial charge on any atom is 0.141 e. The third-order valence-electron chi connectivity index (χ3n) is 2.69. The molecule has 82 valence electrons. The van der Waals surface area contributed by atoms with Gasteiger partial charge in [-0.05, 0) is 23.3 Å². The molecule has 2 atom stereocenters. The molecule has 0 aromatic carbocycles. The molecule has 0 bridgehead atoms. The van der Waals surface area contributed by atoms with E-state index in [9.17, 15) is 4.39 Å². The number of pyridine rings is 1. The van der Waals surface area contributed by atoms with Crippen LogP contribution in [0.5, 0.6) is 0 Å². The van der Waals surface area contributed by atoms with E-state index in [2.05, 4.69) is 17.2 Å². The van der Waals surface area contributed by atoms with Crippen LogP contribution >= 0.6 is 11.8 Å². The minimum Gasteiger partial charge on any atom is -0.309 e. The van der Waals surface area contributed by atoms with Gasteiger partial charge < -0.3 is 5.32 Å². The first-order valence-electron chi connectivity index (χ1n) is 5.16. The van der Waals surface area contributed by atoms with E-state index in [1.165, 1.54) is 18.0 Å². The molecule has 1 saturated heterocycles. The second-order valence-corrected chi connectivity index (χ2v) is 5.09. The van der Waals surface area contributed by atoms with Crippen LogP contribution in [0, 0.1) is 11.7 Å². The summed E-state index contributed by atoms with van der Waals surface area (Å²) < 4.78 is 12.9. The van der Waals surface area contributed by atoms with Gasteiger partial charge in [-0.1, -0.05) is 6.92 Å². The highest BCUT2D eigenvalue weighted by Crippen LogP contribution is 2.23. The standard InChI is InChI=1S/C11H15FN2S/c1-8-6-15-7-11(8)14-4-9-2-10(12)5-13-3-9/h2-3,5,8,11,14H,4,6-7H2,1H3/t8-,11+/m0/s1. The van der Waals surface area contributed by atoms with E-state index in [0.29, 0.717) is 18.5 Å². The van der Waals surface area contributed by atoms with Gasteiger partial charge in [0.05, 0.1) is 6.20 Å². The minimum atomic E-state index is -0.261. The molecule has 2 rings (SSSR count). The number of hydrogen-bond acceptors (Lipinski definition) is 3. The van der Waals surface area contributed by atoms with Crippen molar-refractivity contribution in [3.8, 4) is 0 Å². The van der Waals surface area contributed by atoms with Gasteiger partial charge >= 0.3 is 0 Å². The van der Waals surface area contributed by atoms with Crippen LogP contribution in [-0.2, 0) is 6.54 Å². The Morgan fingerprint density at radius 3 is 3.07 bits per heavy atom. The molecule has 4 heteroatoms. The van der Waals surface area contributed by atoms with Crippen molar-refractivity contribution in [2.24, 2.45) is 5.92 Å². The molecular formula is C11H15FN2S. The van der Waals surface area contributed by atoms with Crippen molar-refractivity contribution in [3.05, 3.63) is 29.8 Å². The van der Waals surface area contributed by atoms with Crippen molar-refractivity contribution in [3.63, 3.8) is 0 Å². The van der Waals surface area contributed by atoms with E-state index in [-0.39, 0.29) is 5.82 Å². The number of thioether (sulfide) groups is 1. The summed E-state index contributed by atoms with van der Waals surface area (Å²) in [6.45, 7) is 2.96. The molecule has 0 aliphatic carbocycles. The molecule has 0 radical (unpaired) electrons. The number of halogens is 1. The van der Waals surface area contributed by atoms with Gasteiger partial charge in [0.2, 0.25) is 0 Å². The Hall–Kier alpha value is -0.610. The lowest BCUT2D eigenvalue weighted by molar-refractivity contribution is 0.452.